The van der Waals surface area contributed by atoms with Crippen LogP contribution in [-0.2, 0) is 0 Å². The Bertz CT molecular complexity index is 867. The van der Waals surface area contributed by atoms with Gasteiger partial charge in [-0.3, -0.25) is 0 Å². The van der Waals surface area contributed by atoms with Crippen LogP contribution in [-0.4, -0.2) is 0 Å². The van der Waals surface area contributed by atoms with Crippen LogP contribution >= 0.6 is 0 Å². The lowest BCUT2D eigenvalue weighted by atomic mass is 10.1. The number of nitrogens with one attached hydrogen (secondary N) is 2. The van der Waals surface area contributed by atoms with Gasteiger partial charge in [0, 0.05) is 33.9 Å². The van der Waals surface area contributed by atoms with Gasteiger partial charge in [0.2, 0.25) is 0 Å². The van der Waals surface area contributed by atoms with Crippen molar-refractivity contribution in [2.75, 3.05) is 10.6 Å². The molecule has 115 valence electrons. The SMILES string of the molecule is [c]1cc(Nc2ccccc2)c2ccccc2c1Nc1ccccc1. The summed E-state index contributed by atoms with van der Waals surface area (Å²) < 4.78 is 0. The summed E-state index contributed by atoms with van der Waals surface area (Å²) in [5.74, 6) is 0. The van der Waals surface area contributed by atoms with Crippen molar-refractivity contribution in [3.63, 3.8) is 0 Å². The monoisotopic (exact) mass is 309 g/mol. The highest BCUT2D eigenvalue weighted by atomic mass is 14.9. The standard InChI is InChI=1S/C22H17N2/c1-3-9-17(10-4-1)23-21-15-16-22(20-14-8-7-13-19(20)21)24-18-11-5-2-6-12-18/h1-15,23-24H. The Morgan fingerprint density at radius 2 is 1.08 bits per heavy atom. The van der Waals surface area contributed by atoms with Crippen LogP contribution in [0.3, 0.4) is 0 Å². The molecule has 0 saturated carbocycles. The van der Waals surface area contributed by atoms with E-state index in [4.69, 9.17) is 0 Å². The lowest BCUT2D eigenvalue weighted by Crippen LogP contribution is -1.95. The highest BCUT2D eigenvalue weighted by Crippen LogP contribution is 2.32. The summed E-state index contributed by atoms with van der Waals surface area (Å²) >= 11 is 0. The van der Waals surface area contributed by atoms with Gasteiger partial charge in [-0.25, -0.2) is 0 Å². The van der Waals surface area contributed by atoms with Crippen LogP contribution in [0.25, 0.3) is 10.8 Å². The molecule has 4 rings (SSSR count). The first kappa shape index (κ1) is 14.3. The number of hydrogen-bond acceptors (Lipinski definition) is 2. The first-order valence-electron chi connectivity index (χ1n) is 7.98. The molecule has 0 spiro atoms. The van der Waals surface area contributed by atoms with E-state index in [2.05, 4.69) is 65.2 Å². The van der Waals surface area contributed by atoms with Crippen LogP contribution in [0, 0.1) is 6.07 Å². The van der Waals surface area contributed by atoms with Crippen LogP contribution in [0.1, 0.15) is 0 Å². The van der Waals surface area contributed by atoms with Crippen molar-refractivity contribution < 1.29 is 0 Å². The summed E-state index contributed by atoms with van der Waals surface area (Å²) in [6, 6.07) is 34.1. The highest BCUT2D eigenvalue weighted by molar-refractivity contribution is 6.03. The third-order valence-electron chi connectivity index (χ3n) is 3.94. The van der Waals surface area contributed by atoms with Crippen molar-refractivity contribution in [2.45, 2.75) is 0 Å². The van der Waals surface area contributed by atoms with Gasteiger partial charge in [-0.2, -0.15) is 0 Å². The summed E-state index contributed by atoms with van der Waals surface area (Å²) in [5.41, 5.74) is 4.16. The van der Waals surface area contributed by atoms with Gasteiger partial charge in [0.25, 0.3) is 0 Å². The lowest BCUT2D eigenvalue weighted by molar-refractivity contribution is 1.54. The molecular formula is C22H17N2. The van der Waals surface area contributed by atoms with E-state index < -0.39 is 0 Å². The van der Waals surface area contributed by atoms with Gasteiger partial charge in [0.1, 0.15) is 0 Å². The van der Waals surface area contributed by atoms with Gasteiger partial charge < -0.3 is 10.6 Å². The summed E-state index contributed by atoms with van der Waals surface area (Å²) in [4.78, 5) is 0. The van der Waals surface area contributed by atoms with E-state index in [0.717, 1.165) is 28.1 Å². The zero-order valence-corrected chi connectivity index (χ0v) is 13.2. The highest BCUT2D eigenvalue weighted by Gasteiger charge is 2.06. The number of rotatable bonds is 4. The molecular weight excluding hydrogens is 292 g/mol. The van der Waals surface area contributed by atoms with Crippen LogP contribution in [0.15, 0.2) is 91.0 Å². The summed E-state index contributed by atoms with van der Waals surface area (Å²) in [5, 5.41) is 9.24. The molecule has 0 atom stereocenters. The zero-order valence-electron chi connectivity index (χ0n) is 13.2. The fourth-order valence-electron chi connectivity index (χ4n) is 2.79. The fraction of sp³-hybridized carbons (Fsp3) is 0. The molecule has 24 heavy (non-hydrogen) atoms. The fourth-order valence-corrected chi connectivity index (χ4v) is 2.79. The third kappa shape index (κ3) is 2.95. The van der Waals surface area contributed by atoms with Crippen LogP contribution in [0.5, 0.6) is 0 Å². The number of hydrogen-bond donors (Lipinski definition) is 2. The summed E-state index contributed by atoms with van der Waals surface area (Å²) in [6.07, 6.45) is 0. The summed E-state index contributed by atoms with van der Waals surface area (Å²) in [7, 11) is 0. The van der Waals surface area contributed by atoms with Gasteiger partial charge in [-0.1, -0.05) is 60.7 Å². The Hall–Kier alpha value is -3.26. The molecule has 1 radical (unpaired) electrons. The molecule has 0 aromatic heterocycles. The van der Waals surface area contributed by atoms with E-state index in [0.29, 0.717) is 0 Å². The molecule has 0 fully saturated rings. The molecule has 4 aromatic carbocycles. The molecule has 0 aliphatic rings. The molecule has 2 nitrogen and oxygen atoms in total. The van der Waals surface area contributed by atoms with Crippen molar-refractivity contribution in [2.24, 2.45) is 0 Å². The third-order valence-corrected chi connectivity index (χ3v) is 3.94. The normalized spacial score (nSPS) is 10.5. The molecule has 0 aliphatic heterocycles. The Morgan fingerprint density at radius 1 is 0.542 bits per heavy atom. The van der Waals surface area contributed by atoms with Crippen LogP contribution in [0.4, 0.5) is 22.7 Å². The molecule has 0 aliphatic carbocycles. The maximum atomic E-state index is 3.48. The lowest BCUT2D eigenvalue weighted by Gasteiger charge is -2.14. The minimum Gasteiger partial charge on any atom is -0.355 e. The first-order chi connectivity index (χ1) is 11.9. The minimum absolute atomic E-state index is 0.982. The Morgan fingerprint density at radius 3 is 1.75 bits per heavy atom. The number of anilines is 4. The van der Waals surface area contributed by atoms with E-state index in [1.54, 1.807) is 0 Å². The van der Waals surface area contributed by atoms with Crippen molar-refractivity contribution in [1.82, 2.24) is 0 Å². The van der Waals surface area contributed by atoms with E-state index in [1.165, 1.54) is 5.39 Å². The molecule has 2 N–H and O–H groups in total. The van der Waals surface area contributed by atoms with Gasteiger partial charge >= 0.3 is 0 Å². The van der Waals surface area contributed by atoms with E-state index in [1.807, 2.05) is 42.5 Å². The first-order valence-corrected chi connectivity index (χ1v) is 7.98. The number of para-hydroxylation sites is 2. The molecule has 0 saturated heterocycles. The average molecular weight is 309 g/mol. The predicted octanol–water partition coefficient (Wildman–Crippen LogP) is 6.13. The van der Waals surface area contributed by atoms with Gasteiger partial charge in [-0.15, -0.1) is 0 Å². The molecule has 0 bridgehead atoms. The zero-order chi connectivity index (χ0) is 16.2. The quantitative estimate of drug-likeness (QED) is 0.474. The Labute approximate surface area is 141 Å². The average Bonchev–Trinajstić information content (AvgIpc) is 2.65. The topological polar surface area (TPSA) is 24.1 Å². The maximum Gasteiger partial charge on any atom is 0.0545 e. The molecule has 2 heteroatoms. The molecule has 0 amide bonds. The largest absolute Gasteiger partial charge is 0.355 e. The van der Waals surface area contributed by atoms with Crippen LogP contribution in [0.2, 0.25) is 0 Å². The molecule has 0 unspecified atom stereocenters. The Balaban J connectivity index is 1.74. The number of fused-ring (bicyclic) bond motifs is 1. The van der Waals surface area contributed by atoms with Gasteiger partial charge in [-0.05, 0) is 30.3 Å². The van der Waals surface area contributed by atoms with Crippen molar-refractivity contribution in [3.05, 3.63) is 97.1 Å². The molecule has 0 heterocycles. The van der Waals surface area contributed by atoms with Crippen molar-refractivity contribution >= 4 is 33.5 Å². The summed E-state index contributed by atoms with van der Waals surface area (Å²) in [6.45, 7) is 0. The van der Waals surface area contributed by atoms with E-state index in [9.17, 15) is 0 Å². The minimum atomic E-state index is 0.982. The molecule has 4 aromatic rings. The van der Waals surface area contributed by atoms with Crippen molar-refractivity contribution in [3.8, 4) is 0 Å². The number of benzene rings is 4. The van der Waals surface area contributed by atoms with E-state index >= 15 is 0 Å². The van der Waals surface area contributed by atoms with Gasteiger partial charge in [0.05, 0.1) is 5.69 Å². The second-order valence-electron chi connectivity index (χ2n) is 5.60. The van der Waals surface area contributed by atoms with Crippen LogP contribution < -0.4 is 10.6 Å². The Kier molecular flexibility index (Phi) is 3.86. The van der Waals surface area contributed by atoms with Gasteiger partial charge in [0.15, 0.2) is 0 Å². The second kappa shape index (κ2) is 6.47. The van der Waals surface area contributed by atoms with E-state index in [-0.39, 0.29) is 0 Å². The van der Waals surface area contributed by atoms with Crippen molar-refractivity contribution in [1.29, 1.82) is 0 Å². The second-order valence-corrected chi connectivity index (χ2v) is 5.60. The maximum absolute atomic E-state index is 3.48. The predicted molar refractivity (Wildman–Crippen MR) is 102 cm³/mol. The smallest absolute Gasteiger partial charge is 0.0545 e.